The number of aromatic nitrogens is 3. The molecule has 0 unspecified atom stereocenters. The van der Waals surface area contributed by atoms with Gasteiger partial charge in [-0.3, -0.25) is 4.79 Å². The van der Waals surface area contributed by atoms with Crippen LogP contribution in [0.5, 0.6) is 0 Å². The largest absolute Gasteiger partial charge is 0.294 e. The molecule has 0 aliphatic carbocycles. The Kier molecular flexibility index (Phi) is 2.04. The Hall–Kier alpha value is -1.32. The first-order valence-electron chi connectivity index (χ1n) is 3.00. The van der Waals surface area contributed by atoms with Crippen molar-refractivity contribution in [3.63, 3.8) is 0 Å². The predicted octanol–water partition coefficient (Wildman–Crippen LogP) is 0.246. The van der Waals surface area contributed by atoms with E-state index >= 15 is 0 Å². The molecular formula is C6H7N3O. The summed E-state index contributed by atoms with van der Waals surface area (Å²) in [6, 6.07) is 0. The number of carbonyl (C=O) groups excluding carboxylic acids is 1. The molecule has 0 N–H and O–H groups in total. The Morgan fingerprint density at radius 2 is 2.50 bits per heavy atom. The zero-order chi connectivity index (χ0) is 7.40. The maximum atomic E-state index is 10.1. The van der Waals surface area contributed by atoms with Crippen LogP contribution in [0.4, 0.5) is 0 Å². The Bertz CT molecular complexity index is 236. The van der Waals surface area contributed by atoms with E-state index < -0.39 is 0 Å². The minimum Gasteiger partial charge on any atom is -0.294 e. The van der Waals surface area contributed by atoms with Gasteiger partial charge in [0.15, 0.2) is 6.29 Å². The Morgan fingerprint density at radius 3 is 3.10 bits per heavy atom. The van der Waals surface area contributed by atoms with Crippen molar-refractivity contribution in [2.75, 3.05) is 0 Å². The van der Waals surface area contributed by atoms with Gasteiger partial charge in [-0.2, -0.15) is 5.10 Å². The summed E-state index contributed by atoms with van der Waals surface area (Å²) >= 11 is 0. The van der Waals surface area contributed by atoms with Crippen LogP contribution in [-0.4, -0.2) is 21.5 Å². The fourth-order valence-electron chi connectivity index (χ4n) is 0.573. The molecule has 10 heavy (non-hydrogen) atoms. The van der Waals surface area contributed by atoms with Crippen molar-refractivity contribution in [3.05, 3.63) is 17.7 Å². The number of aryl methyl sites for hydroxylation is 1. The zero-order valence-electron chi connectivity index (χ0n) is 5.61. The maximum Gasteiger partial charge on any atom is 0.214 e. The molecule has 0 aliphatic rings. The third-order valence-corrected chi connectivity index (χ3v) is 1.09. The summed E-state index contributed by atoms with van der Waals surface area (Å²) in [6.07, 6.45) is 2.91. The molecular weight excluding hydrogens is 130 g/mol. The SMILES string of the molecule is CCc1cnnc(C=O)n1. The first-order chi connectivity index (χ1) is 4.86. The summed E-state index contributed by atoms with van der Waals surface area (Å²) in [5, 5.41) is 7.06. The molecule has 0 bridgehead atoms. The van der Waals surface area contributed by atoms with E-state index in [0.29, 0.717) is 6.29 Å². The molecule has 4 nitrogen and oxygen atoms in total. The summed E-state index contributed by atoms with van der Waals surface area (Å²) in [6.45, 7) is 1.94. The third kappa shape index (κ3) is 1.34. The lowest BCUT2D eigenvalue weighted by Gasteiger charge is -1.91. The lowest BCUT2D eigenvalue weighted by molar-refractivity contribution is 0.111. The Morgan fingerprint density at radius 1 is 1.70 bits per heavy atom. The molecule has 0 saturated heterocycles. The number of rotatable bonds is 2. The fourth-order valence-corrected chi connectivity index (χ4v) is 0.573. The van der Waals surface area contributed by atoms with Crippen LogP contribution in [0.1, 0.15) is 23.2 Å². The van der Waals surface area contributed by atoms with Crippen molar-refractivity contribution in [3.8, 4) is 0 Å². The van der Waals surface area contributed by atoms with Gasteiger partial charge in [0.05, 0.1) is 11.9 Å². The van der Waals surface area contributed by atoms with Crippen LogP contribution in [0.15, 0.2) is 6.20 Å². The van der Waals surface area contributed by atoms with E-state index in [2.05, 4.69) is 15.2 Å². The molecule has 0 aliphatic heterocycles. The highest BCUT2D eigenvalue weighted by molar-refractivity contribution is 5.68. The lowest BCUT2D eigenvalue weighted by atomic mass is 10.4. The number of aldehydes is 1. The van der Waals surface area contributed by atoms with E-state index in [9.17, 15) is 4.79 Å². The predicted molar refractivity (Wildman–Crippen MR) is 34.6 cm³/mol. The Balaban J connectivity index is 2.98. The zero-order valence-corrected chi connectivity index (χ0v) is 5.61. The van der Waals surface area contributed by atoms with Crippen molar-refractivity contribution in [1.82, 2.24) is 15.2 Å². The molecule has 0 saturated carbocycles. The van der Waals surface area contributed by atoms with Crippen molar-refractivity contribution in [1.29, 1.82) is 0 Å². The molecule has 4 heteroatoms. The summed E-state index contributed by atoms with van der Waals surface area (Å²) < 4.78 is 0. The van der Waals surface area contributed by atoms with Gasteiger partial charge in [0.2, 0.25) is 5.82 Å². The molecule has 0 atom stereocenters. The molecule has 1 rings (SSSR count). The molecule has 0 amide bonds. The topological polar surface area (TPSA) is 55.7 Å². The second kappa shape index (κ2) is 3.00. The van der Waals surface area contributed by atoms with Crippen LogP contribution in [0.25, 0.3) is 0 Å². The lowest BCUT2D eigenvalue weighted by Crippen LogP contribution is -1.98. The number of hydrogen-bond donors (Lipinski definition) is 0. The van der Waals surface area contributed by atoms with Gasteiger partial charge in [0.1, 0.15) is 0 Å². The second-order valence-corrected chi connectivity index (χ2v) is 1.78. The fraction of sp³-hybridized carbons (Fsp3) is 0.333. The third-order valence-electron chi connectivity index (χ3n) is 1.09. The van der Waals surface area contributed by atoms with E-state index in [-0.39, 0.29) is 5.82 Å². The van der Waals surface area contributed by atoms with Gasteiger partial charge in [-0.25, -0.2) is 4.98 Å². The molecule has 0 radical (unpaired) electrons. The molecule has 1 heterocycles. The highest BCUT2D eigenvalue weighted by Gasteiger charge is 1.94. The molecule has 0 fully saturated rings. The quantitative estimate of drug-likeness (QED) is 0.548. The van der Waals surface area contributed by atoms with E-state index in [1.54, 1.807) is 6.20 Å². The van der Waals surface area contributed by atoms with Gasteiger partial charge in [0, 0.05) is 0 Å². The summed E-state index contributed by atoms with van der Waals surface area (Å²) in [5.41, 5.74) is 0.789. The summed E-state index contributed by atoms with van der Waals surface area (Å²) in [7, 11) is 0. The molecule has 52 valence electrons. The van der Waals surface area contributed by atoms with Crippen molar-refractivity contribution in [2.45, 2.75) is 13.3 Å². The van der Waals surface area contributed by atoms with E-state index in [1.807, 2.05) is 6.92 Å². The summed E-state index contributed by atoms with van der Waals surface area (Å²) in [5.74, 6) is 0.152. The van der Waals surface area contributed by atoms with Crippen LogP contribution < -0.4 is 0 Å². The first kappa shape index (κ1) is 6.80. The number of nitrogens with zero attached hydrogens (tertiary/aromatic N) is 3. The minimum absolute atomic E-state index is 0.152. The Labute approximate surface area is 58.3 Å². The highest BCUT2D eigenvalue weighted by atomic mass is 16.1. The number of hydrogen-bond acceptors (Lipinski definition) is 4. The second-order valence-electron chi connectivity index (χ2n) is 1.78. The number of carbonyl (C=O) groups is 1. The van der Waals surface area contributed by atoms with E-state index in [4.69, 9.17) is 0 Å². The van der Waals surface area contributed by atoms with Gasteiger partial charge in [-0.05, 0) is 6.42 Å². The highest BCUT2D eigenvalue weighted by Crippen LogP contribution is 1.90. The smallest absolute Gasteiger partial charge is 0.214 e. The minimum atomic E-state index is 0.152. The molecule has 1 aromatic rings. The molecule has 0 aromatic carbocycles. The van der Waals surface area contributed by atoms with E-state index in [1.165, 1.54) is 0 Å². The summed E-state index contributed by atoms with van der Waals surface area (Å²) in [4.78, 5) is 14.0. The van der Waals surface area contributed by atoms with E-state index in [0.717, 1.165) is 12.1 Å². The van der Waals surface area contributed by atoms with Crippen LogP contribution in [0.3, 0.4) is 0 Å². The van der Waals surface area contributed by atoms with Crippen molar-refractivity contribution in [2.24, 2.45) is 0 Å². The van der Waals surface area contributed by atoms with Crippen LogP contribution in [0.2, 0.25) is 0 Å². The average Bonchev–Trinajstić information content (AvgIpc) is 2.05. The first-order valence-corrected chi connectivity index (χ1v) is 3.00. The van der Waals surface area contributed by atoms with Crippen LogP contribution in [-0.2, 0) is 6.42 Å². The monoisotopic (exact) mass is 137 g/mol. The van der Waals surface area contributed by atoms with Gasteiger partial charge in [-0.1, -0.05) is 6.92 Å². The maximum absolute atomic E-state index is 10.1. The van der Waals surface area contributed by atoms with Crippen LogP contribution in [0, 0.1) is 0 Å². The van der Waals surface area contributed by atoms with Gasteiger partial charge >= 0.3 is 0 Å². The van der Waals surface area contributed by atoms with Gasteiger partial charge in [-0.15, -0.1) is 5.10 Å². The average molecular weight is 137 g/mol. The standard InChI is InChI=1S/C6H7N3O/c1-2-5-3-7-9-6(4-10)8-5/h3-4H,2H2,1H3. The van der Waals surface area contributed by atoms with Gasteiger partial charge < -0.3 is 0 Å². The van der Waals surface area contributed by atoms with Crippen molar-refractivity contribution >= 4 is 6.29 Å². The molecule has 1 aromatic heterocycles. The van der Waals surface area contributed by atoms with Crippen LogP contribution >= 0.6 is 0 Å². The normalized spacial score (nSPS) is 9.30. The van der Waals surface area contributed by atoms with Crippen molar-refractivity contribution < 1.29 is 4.79 Å². The van der Waals surface area contributed by atoms with Gasteiger partial charge in [0.25, 0.3) is 0 Å². The molecule has 0 spiro atoms.